The highest BCUT2D eigenvalue weighted by molar-refractivity contribution is 7.93. The first-order chi connectivity index (χ1) is 15.0. The number of ether oxygens (including phenoxy) is 1. The third-order valence-corrected chi connectivity index (χ3v) is 9.15. The average molecular weight is 472 g/mol. The molecule has 2 saturated carbocycles. The number of nitrogens with zero attached hydrogens (tertiary/aromatic N) is 2. The minimum atomic E-state index is -4.93. The van der Waals surface area contributed by atoms with Crippen LogP contribution >= 0.6 is 0 Å². The summed E-state index contributed by atoms with van der Waals surface area (Å²) in [5.74, 6) is -0.876. The van der Waals surface area contributed by atoms with E-state index in [2.05, 4.69) is 5.32 Å². The number of anilines is 1. The van der Waals surface area contributed by atoms with E-state index in [0.717, 1.165) is 12.1 Å². The van der Waals surface area contributed by atoms with Crippen molar-refractivity contribution in [3.8, 4) is 6.07 Å². The molecule has 4 rings (SSSR count). The van der Waals surface area contributed by atoms with E-state index in [9.17, 15) is 31.6 Å². The lowest BCUT2D eigenvalue weighted by atomic mass is 10.1. The van der Waals surface area contributed by atoms with Crippen molar-refractivity contribution in [1.29, 1.82) is 5.26 Å². The van der Waals surface area contributed by atoms with E-state index in [4.69, 9.17) is 4.74 Å². The largest absolute Gasteiger partial charge is 0.417 e. The van der Waals surface area contributed by atoms with Crippen LogP contribution in [0.15, 0.2) is 23.1 Å². The zero-order chi connectivity index (χ0) is 23.2. The van der Waals surface area contributed by atoms with Gasteiger partial charge in [-0.15, -0.1) is 0 Å². The Bertz CT molecular complexity index is 1050. The number of rotatable bonds is 5. The van der Waals surface area contributed by atoms with Crippen molar-refractivity contribution in [3.05, 3.63) is 23.8 Å². The fourth-order valence-corrected chi connectivity index (χ4v) is 6.74. The van der Waals surface area contributed by atoms with Crippen LogP contribution < -0.4 is 10.2 Å². The topological polar surface area (TPSA) is 99.5 Å². The van der Waals surface area contributed by atoms with E-state index in [0.29, 0.717) is 52.0 Å². The van der Waals surface area contributed by atoms with Gasteiger partial charge < -0.3 is 15.0 Å². The lowest BCUT2D eigenvalue weighted by Gasteiger charge is -2.32. The highest BCUT2D eigenvalue weighted by Crippen LogP contribution is 2.46. The number of benzene rings is 1. The van der Waals surface area contributed by atoms with Gasteiger partial charge in [0.1, 0.15) is 5.54 Å². The Morgan fingerprint density at radius 2 is 1.75 bits per heavy atom. The maximum Gasteiger partial charge on any atom is 0.417 e. The molecule has 0 spiro atoms. The number of halogens is 3. The molecule has 3 fully saturated rings. The highest BCUT2D eigenvalue weighted by Gasteiger charge is 2.58. The predicted molar refractivity (Wildman–Crippen MR) is 109 cm³/mol. The minimum absolute atomic E-state index is 0.0782. The predicted octanol–water partition coefficient (Wildman–Crippen LogP) is 2.80. The Hall–Kier alpha value is -2.32. The quantitative estimate of drug-likeness (QED) is 0.709. The molecule has 0 radical (unpaired) electrons. The van der Waals surface area contributed by atoms with Crippen molar-refractivity contribution in [2.45, 2.75) is 59.9 Å². The first-order valence-corrected chi connectivity index (χ1v) is 12.1. The summed E-state index contributed by atoms with van der Waals surface area (Å²) in [7, 11) is -4.70. The second kappa shape index (κ2) is 7.92. The molecule has 32 heavy (non-hydrogen) atoms. The molecule has 1 N–H and O–H groups in total. The van der Waals surface area contributed by atoms with Crippen molar-refractivity contribution in [1.82, 2.24) is 5.32 Å². The van der Waals surface area contributed by atoms with Crippen LogP contribution in [0.3, 0.4) is 0 Å². The van der Waals surface area contributed by atoms with Gasteiger partial charge in [-0.1, -0.05) is 12.8 Å². The van der Waals surface area contributed by atoms with Crippen molar-refractivity contribution in [2.24, 2.45) is 0 Å². The molecule has 3 aliphatic rings. The summed E-state index contributed by atoms with van der Waals surface area (Å²) in [4.78, 5) is 13.9. The molecule has 0 unspecified atom stereocenters. The van der Waals surface area contributed by atoms with Crippen molar-refractivity contribution in [3.63, 3.8) is 0 Å². The Labute approximate surface area is 184 Å². The lowest BCUT2D eigenvalue weighted by Crippen LogP contribution is -2.54. The summed E-state index contributed by atoms with van der Waals surface area (Å²) < 4.78 is 72.6. The highest BCUT2D eigenvalue weighted by atomic mass is 32.2. The summed E-state index contributed by atoms with van der Waals surface area (Å²) in [6.45, 7) is 1.52. The van der Waals surface area contributed by atoms with Crippen molar-refractivity contribution >= 4 is 21.4 Å². The first kappa shape index (κ1) is 22.9. The molecule has 1 amide bonds. The van der Waals surface area contributed by atoms with Crippen LogP contribution in [0.1, 0.15) is 44.1 Å². The number of carbonyl (C=O) groups is 1. The number of hydrogen-bond acceptors (Lipinski definition) is 6. The van der Waals surface area contributed by atoms with Gasteiger partial charge in [-0.05, 0) is 43.9 Å². The van der Waals surface area contributed by atoms with Gasteiger partial charge in [-0.3, -0.25) is 4.79 Å². The van der Waals surface area contributed by atoms with Crippen molar-refractivity contribution in [2.75, 3.05) is 31.2 Å². The van der Waals surface area contributed by atoms with Crippen LogP contribution in [0.4, 0.5) is 18.9 Å². The average Bonchev–Trinajstić information content (AvgIpc) is 3.34. The van der Waals surface area contributed by atoms with Gasteiger partial charge in [0, 0.05) is 18.8 Å². The standard InChI is InChI=1S/C21H24F3N3O4S/c22-21(23,24)16-13-15(27-9-11-31-12-10-27)3-4-17(16)32(29,30)20(5-1-2-6-20)18(28)26-19(14-25)7-8-19/h3-4,13H,1-2,5-12H2,(H,26,28). The number of amides is 1. The molecule has 174 valence electrons. The molecule has 0 bridgehead atoms. The van der Waals surface area contributed by atoms with E-state index in [1.165, 1.54) is 6.07 Å². The molecule has 0 aromatic heterocycles. The van der Waals surface area contributed by atoms with Crippen molar-refractivity contribution < 1.29 is 31.1 Å². The van der Waals surface area contributed by atoms with Gasteiger partial charge in [0.05, 0.1) is 29.7 Å². The van der Waals surface area contributed by atoms with E-state index in [1.807, 2.05) is 6.07 Å². The minimum Gasteiger partial charge on any atom is -0.378 e. The monoisotopic (exact) mass is 471 g/mol. The zero-order valence-corrected chi connectivity index (χ0v) is 18.2. The van der Waals surface area contributed by atoms with Gasteiger partial charge in [-0.25, -0.2) is 8.42 Å². The lowest BCUT2D eigenvalue weighted by molar-refractivity contribution is -0.140. The SMILES string of the molecule is N#CC1(NC(=O)C2(S(=O)(=O)c3ccc(N4CCOCC4)cc3C(F)(F)F)CCCC2)CC1. The van der Waals surface area contributed by atoms with Gasteiger partial charge in [-0.2, -0.15) is 18.4 Å². The molecular formula is C21H24F3N3O4S. The molecule has 1 aromatic carbocycles. The van der Waals surface area contributed by atoms with Gasteiger partial charge >= 0.3 is 6.18 Å². The Morgan fingerprint density at radius 3 is 2.28 bits per heavy atom. The maximum atomic E-state index is 14.0. The molecule has 1 saturated heterocycles. The van der Waals surface area contributed by atoms with Crippen LogP contribution in [-0.2, 0) is 25.5 Å². The Balaban J connectivity index is 1.77. The van der Waals surface area contributed by atoms with Crippen LogP contribution in [0, 0.1) is 11.3 Å². The van der Waals surface area contributed by atoms with Crippen LogP contribution in [0.2, 0.25) is 0 Å². The smallest absolute Gasteiger partial charge is 0.378 e. The first-order valence-electron chi connectivity index (χ1n) is 10.6. The van der Waals surface area contributed by atoms with Gasteiger partial charge in [0.25, 0.3) is 0 Å². The van der Waals surface area contributed by atoms with Crippen LogP contribution in [0.25, 0.3) is 0 Å². The molecule has 11 heteroatoms. The third kappa shape index (κ3) is 3.83. The summed E-state index contributed by atoms with van der Waals surface area (Å²) in [5, 5.41) is 11.8. The van der Waals surface area contributed by atoms with Gasteiger partial charge in [0.15, 0.2) is 14.6 Å². The number of sulfone groups is 1. The van der Waals surface area contributed by atoms with E-state index < -0.39 is 42.7 Å². The number of carbonyl (C=O) groups excluding carboxylic acids is 1. The molecular weight excluding hydrogens is 447 g/mol. The molecule has 1 heterocycles. The van der Waals surface area contributed by atoms with Crippen LogP contribution in [0.5, 0.6) is 0 Å². The number of morpholine rings is 1. The number of hydrogen-bond donors (Lipinski definition) is 1. The summed E-state index contributed by atoms with van der Waals surface area (Å²) in [6, 6.07) is 5.13. The van der Waals surface area contributed by atoms with E-state index in [-0.39, 0.29) is 18.5 Å². The Morgan fingerprint density at radius 1 is 1.12 bits per heavy atom. The number of nitrogens with one attached hydrogen (secondary N) is 1. The molecule has 0 atom stereocenters. The van der Waals surface area contributed by atoms with Crippen LogP contribution in [-0.4, -0.2) is 50.9 Å². The fourth-order valence-electron chi connectivity index (χ4n) is 4.49. The second-order valence-electron chi connectivity index (χ2n) is 8.63. The van der Waals surface area contributed by atoms with Gasteiger partial charge in [0.2, 0.25) is 5.91 Å². The Kier molecular flexibility index (Phi) is 5.66. The second-order valence-corrected chi connectivity index (χ2v) is 10.9. The summed E-state index contributed by atoms with van der Waals surface area (Å²) in [6.07, 6.45) is -3.48. The summed E-state index contributed by atoms with van der Waals surface area (Å²) >= 11 is 0. The normalized spacial score (nSPS) is 22.2. The number of nitriles is 1. The molecule has 1 aromatic rings. The number of alkyl halides is 3. The van der Waals surface area contributed by atoms with E-state index in [1.54, 1.807) is 4.90 Å². The fraction of sp³-hybridized carbons (Fsp3) is 0.619. The third-order valence-electron chi connectivity index (χ3n) is 6.59. The van der Waals surface area contributed by atoms with E-state index >= 15 is 0 Å². The molecule has 7 nitrogen and oxygen atoms in total. The molecule has 2 aliphatic carbocycles. The zero-order valence-electron chi connectivity index (χ0n) is 17.4. The maximum absolute atomic E-state index is 14.0. The molecule has 1 aliphatic heterocycles. The summed E-state index contributed by atoms with van der Waals surface area (Å²) in [5.41, 5.74) is -2.14.